The Morgan fingerprint density at radius 3 is 2.33 bits per heavy atom. The first kappa shape index (κ1) is 12.9. The minimum Gasteiger partial charge on any atom is -0.268 e. The zero-order valence-corrected chi connectivity index (χ0v) is 11.1. The van der Waals surface area contributed by atoms with Gasteiger partial charge in [0.2, 0.25) is 0 Å². The average molecular weight is 261 g/mol. The number of hydrogen-bond donors (Lipinski definition) is 0. The number of rotatable bonds is 5. The van der Waals surface area contributed by atoms with Gasteiger partial charge in [-0.15, -0.1) is 0 Å². The molecule has 0 aliphatic carbocycles. The maximum Gasteiger partial charge on any atom is 0.272 e. The fourth-order valence-corrected chi connectivity index (χ4v) is 2.49. The van der Waals surface area contributed by atoms with Gasteiger partial charge in [-0.25, -0.2) is 4.31 Å². The van der Waals surface area contributed by atoms with Crippen molar-refractivity contribution in [3.8, 4) is 0 Å². The molecule has 0 saturated carbocycles. The van der Waals surface area contributed by atoms with E-state index >= 15 is 0 Å². The lowest BCUT2D eigenvalue weighted by Gasteiger charge is -2.08. The van der Waals surface area contributed by atoms with Crippen LogP contribution < -0.4 is 0 Å². The summed E-state index contributed by atoms with van der Waals surface area (Å²) in [7, 11) is 0. The molecule has 1 aliphatic rings. The van der Waals surface area contributed by atoms with E-state index in [-0.39, 0.29) is 11.8 Å². The van der Waals surface area contributed by atoms with Gasteiger partial charge in [0.05, 0.1) is 11.1 Å². The van der Waals surface area contributed by atoms with Crippen LogP contribution in [0.4, 0.5) is 0 Å². The van der Waals surface area contributed by atoms with Gasteiger partial charge in [0.15, 0.2) is 0 Å². The number of allylic oxidation sites excluding steroid dienone is 1. The molecular weight excluding hydrogens is 246 g/mol. The molecule has 0 saturated heterocycles. The van der Waals surface area contributed by atoms with Gasteiger partial charge < -0.3 is 0 Å². The van der Waals surface area contributed by atoms with Crippen LogP contribution in [0.1, 0.15) is 46.9 Å². The SMILES string of the molecule is CCCC/C=C/SN1C(=O)c2ccccc2C1=O. The van der Waals surface area contributed by atoms with E-state index in [0.29, 0.717) is 11.1 Å². The van der Waals surface area contributed by atoms with Crippen LogP contribution in [0.5, 0.6) is 0 Å². The van der Waals surface area contributed by atoms with Gasteiger partial charge in [0.25, 0.3) is 11.8 Å². The van der Waals surface area contributed by atoms with Crippen molar-refractivity contribution in [3.63, 3.8) is 0 Å². The Morgan fingerprint density at radius 1 is 1.17 bits per heavy atom. The van der Waals surface area contributed by atoms with Gasteiger partial charge in [-0.3, -0.25) is 9.59 Å². The predicted octanol–water partition coefficient (Wildman–Crippen LogP) is 3.63. The molecule has 2 rings (SSSR count). The van der Waals surface area contributed by atoms with Crippen LogP contribution in [0, 0.1) is 0 Å². The highest BCUT2D eigenvalue weighted by Crippen LogP contribution is 2.28. The number of unbranched alkanes of at least 4 members (excludes halogenated alkanes) is 2. The summed E-state index contributed by atoms with van der Waals surface area (Å²) in [5.74, 6) is -0.443. The van der Waals surface area contributed by atoms with Crippen LogP contribution in [-0.2, 0) is 0 Å². The Bertz CT molecular complexity index is 461. The van der Waals surface area contributed by atoms with Crippen LogP contribution in [0.2, 0.25) is 0 Å². The van der Waals surface area contributed by atoms with E-state index in [2.05, 4.69) is 6.92 Å². The first-order valence-electron chi connectivity index (χ1n) is 6.05. The minimum absolute atomic E-state index is 0.222. The molecule has 1 heterocycles. The summed E-state index contributed by atoms with van der Waals surface area (Å²) in [5, 5.41) is 1.82. The smallest absolute Gasteiger partial charge is 0.268 e. The molecule has 1 aromatic rings. The lowest BCUT2D eigenvalue weighted by atomic mass is 10.1. The van der Waals surface area contributed by atoms with Crippen molar-refractivity contribution in [2.45, 2.75) is 26.2 Å². The standard InChI is InChI=1S/C14H15NO2S/c1-2-3-4-7-10-18-15-13(16)11-8-5-6-9-12(11)14(15)17/h5-10H,2-4H2,1H3/b10-7+. The summed E-state index contributed by atoms with van der Waals surface area (Å²) >= 11 is 1.16. The Hall–Kier alpha value is -1.55. The monoisotopic (exact) mass is 261 g/mol. The van der Waals surface area contributed by atoms with Crippen molar-refractivity contribution >= 4 is 23.8 Å². The Kier molecular flexibility index (Phi) is 4.20. The second kappa shape index (κ2) is 5.87. The molecule has 1 aromatic carbocycles. The first-order valence-corrected chi connectivity index (χ1v) is 6.89. The molecule has 0 aromatic heterocycles. The quantitative estimate of drug-likeness (QED) is 0.461. The van der Waals surface area contributed by atoms with Gasteiger partial charge >= 0.3 is 0 Å². The summed E-state index contributed by atoms with van der Waals surface area (Å²) in [6, 6.07) is 6.93. The third kappa shape index (κ3) is 2.48. The number of carbonyl (C=O) groups excluding carboxylic acids is 2. The number of nitrogens with zero attached hydrogens (tertiary/aromatic N) is 1. The van der Waals surface area contributed by atoms with E-state index in [4.69, 9.17) is 0 Å². The lowest BCUT2D eigenvalue weighted by molar-refractivity contribution is 0.0778. The van der Waals surface area contributed by atoms with Crippen LogP contribution >= 0.6 is 11.9 Å². The largest absolute Gasteiger partial charge is 0.272 e. The van der Waals surface area contributed by atoms with E-state index in [1.54, 1.807) is 24.3 Å². The second-order valence-electron chi connectivity index (χ2n) is 4.07. The Morgan fingerprint density at radius 2 is 1.78 bits per heavy atom. The average Bonchev–Trinajstić information content (AvgIpc) is 2.64. The van der Waals surface area contributed by atoms with Crippen LogP contribution in [0.3, 0.4) is 0 Å². The highest BCUT2D eigenvalue weighted by molar-refractivity contribution is 8.01. The highest BCUT2D eigenvalue weighted by Gasteiger charge is 2.35. The fraction of sp³-hybridized carbons (Fsp3) is 0.286. The molecule has 18 heavy (non-hydrogen) atoms. The summed E-state index contributed by atoms with van der Waals surface area (Å²) < 4.78 is 1.22. The van der Waals surface area contributed by atoms with E-state index < -0.39 is 0 Å². The number of imide groups is 1. The molecule has 2 amide bonds. The van der Waals surface area contributed by atoms with Crippen LogP contribution in [0.25, 0.3) is 0 Å². The van der Waals surface area contributed by atoms with Gasteiger partial charge in [0.1, 0.15) is 0 Å². The third-order valence-electron chi connectivity index (χ3n) is 2.74. The number of hydrogen-bond acceptors (Lipinski definition) is 3. The predicted molar refractivity (Wildman–Crippen MR) is 73.2 cm³/mol. The summed E-state index contributed by atoms with van der Waals surface area (Å²) in [6.07, 6.45) is 5.24. The molecular formula is C14H15NO2S. The number of carbonyl (C=O) groups is 2. The lowest BCUT2D eigenvalue weighted by Crippen LogP contribution is -2.21. The number of benzene rings is 1. The summed E-state index contributed by atoms with van der Waals surface area (Å²) in [4.78, 5) is 24.0. The molecule has 0 N–H and O–H groups in total. The Labute approximate surface area is 111 Å². The van der Waals surface area contributed by atoms with Crippen molar-refractivity contribution < 1.29 is 9.59 Å². The topological polar surface area (TPSA) is 37.4 Å². The maximum atomic E-state index is 12.0. The zero-order valence-electron chi connectivity index (χ0n) is 10.3. The van der Waals surface area contributed by atoms with Gasteiger partial charge in [-0.2, -0.15) is 0 Å². The van der Waals surface area contributed by atoms with Crippen molar-refractivity contribution in [2.24, 2.45) is 0 Å². The fourth-order valence-electron chi connectivity index (χ4n) is 1.76. The minimum atomic E-state index is -0.222. The highest BCUT2D eigenvalue weighted by atomic mass is 32.2. The third-order valence-corrected chi connectivity index (χ3v) is 3.60. The molecule has 1 aliphatic heterocycles. The van der Waals surface area contributed by atoms with E-state index in [1.807, 2.05) is 11.5 Å². The molecule has 0 spiro atoms. The van der Waals surface area contributed by atoms with Gasteiger partial charge in [-0.05, 0) is 35.9 Å². The molecule has 3 nitrogen and oxygen atoms in total. The van der Waals surface area contributed by atoms with Crippen molar-refractivity contribution in [1.82, 2.24) is 4.31 Å². The zero-order chi connectivity index (χ0) is 13.0. The molecule has 0 unspecified atom stereocenters. The molecule has 0 atom stereocenters. The van der Waals surface area contributed by atoms with Crippen molar-refractivity contribution in [3.05, 3.63) is 46.9 Å². The van der Waals surface area contributed by atoms with Crippen molar-refractivity contribution in [1.29, 1.82) is 0 Å². The van der Waals surface area contributed by atoms with Gasteiger partial charge in [0, 0.05) is 0 Å². The number of amides is 2. The van der Waals surface area contributed by atoms with E-state index in [1.165, 1.54) is 4.31 Å². The maximum absolute atomic E-state index is 12.0. The molecule has 0 bridgehead atoms. The molecule has 4 heteroatoms. The Balaban J connectivity index is 2.03. The number of fused-ring (bicyclic) bond motifs is 1. The van der Waals surface area contributed by atoms with Gasteiger partial charge in [-0.1, -0.05) is 38.0 Å². The molecule has 94 valence electrons. The van der Waals surface area contributed by atoms with E-state index in [0.717, 1.165) is 31.2 Å². The van der Waals surface area contributed by atoms with Crippen LogP contribution in [-0.4, -0.2) is 16.1 Å². The second-order valence-corrected chi connectivity index (χ2v) is 4.92. The van der Waals surface area contributed by atoms with Crippen molar-refractivity contribution in [2.75, 3.05) is 0 Å². The van der Waals surface area contributed by atoms with Crippen LogP contribution in [0.15, 0.2) is 35.7 Å². The molecule has 0 fully saturated rings. The van der Waals surface area contributed by atoms with E-state index in [9.17, 15) is 9.59 Å². The summed E-state index contributed by atoms with van der Waals surface area (Å²) in [6.45, 7) is 2.13. The molecule has 0 radical (unpaired) electrons. The summed E-state index contributed by atoms with van der Waals surface area (Å²) in [5.41, 5.74) is 0.994. The first-order chi connectivity index (χ1) is 8.75. The normalized spacial score (nSPS) is 14.6.